The summed E-state index contributed by atoms with van der Waals surface area (Å²) in [4.78, 5) is 8.22. The first-order valence-corrected chi connectivity index (χ1v) is 6.40. The number of halogens is 2. The van der Waals surface area contributed by atoms with Crippen LogP contribution in [0.5, 0.6) is 11.6 Å². The monoisotopic (exact) mass is 277 g/mol. The van der Waals surface area contributed by atoms with E-state index in [9.17, 15) is 8.78 Å². The molecule has 1 aromatic heterocycles. The zero-order valence-corrected chi connectivity index (χ0v) is 10.7. The number of nitrogens with two attached hydrogens (primary N) is 1. The third-order valence-electron chi connectivity index (χ3n) is 3.34. The molecule has 0 unspecified atom stereocenters. The van der Waals surface area contributed by atoms with E-state index in [1.165, 1.54) is 6.33 Å². The van der Waals surface area contributed by atoms with Crippen molar-refractivity contribution < 1.29 is 13.5 Å². The van der Waals surface area contributed by atoms with Gasteiger partial charge in [-0.15, -0.1) is 0 Å². The number of aromatic nitrogens is 2. The second kappa shape index (κ2) is 5.03. The van der Waals surface area contributed by atoms with Crippen LogP contribution in [0, 0.1) is 11.6 Å². The largest absolute Gasteiger partial charge is 0.435 e. The van der Waals surface area contributed by atoms with Crippen LogP contribution >= 0.6 is 0 Å². The lowest BCUT2D eigenvalue weighted by molar-refractivity contribution is 0.412. The molecule has 1 aliphatic carbocycles. The number of nitrogen functional groups attached to an aromatic ring is 1. The summed E-state index contributed by atoms with van der Waals surface area (Å²) in [6, 6.07) is 1.83. The molecule has 4 nitrogen and oxygen atoms in total. The van der Waals surface area contributed by atoms with Gasteiger partial charge in [0.25, 0.3) is 0 Å². The first-order valence-electron chi connectivity index (χ1n) is 6.40. The first kappa shape index (κ1) is 12.8. The van der Waals surface area contributed by atoms with E-state index in [0.29, 0.717) is 0 Å². The van der Waals surface area contributed by atoms with E-state index < -0.39 is 11.6 Å². The van der Waals surface area contributed by atoms with Crippen LogP contribution in [0.3, 0.4) is 0 Å². The number of rotatable bonds is 2. The highest BCUT2D eigenvalue weighted by Gasteiger charge is 2.18. The van der Waals surface area contributed by atoms with Crippen LogP contribution < -0.4 is 10.5 Å². The molecule has 1 heterocycles. The highest BCUT2D eigenvalue weighted by molar-refractivity contribution is 5.46. The minimum absolute atomic E-state index is 0.219. The van der Waals surface area contributed by atoms with Crippen molar-refractivity contribution in [3.8, 4) is 11.6 Å². The molecule has 1 aliphatic rings. The molecule has 0 aliphatic heterocycles. The van der Waals surface area contributed by atoms with Crippen molar-refractivity contribution in [2.24, 2.45) is 0 Å². The molecular weight excluding hydrogens is 264 g/mol. The number of hydrogen-bond donors (Lipinski definition) is 1. The fraction of sp³-hybridized carbons (Fsp3) is 0.286. The van der Waals surface area contributed by atoms with Crippen LogP contribution in [0.15, 0.2) is 18.5 Å². The summed E-state index contributed by atoms with van der Waals surface area (Å²) in [5.74, 6) is -1.36. The standard InChI is InChI=1S/C14H13F2N3O/c15-9-6-13(10(16)5-11(9)17)20-14-8-3-1-2-4-12(8)18-7-19-14/h5-7H,1-4,17H2. The summed E-state index contributed by atoms with van der Waals surface area (Å²) in [6.07, 6.45) is 5.09. The Kier molecular flexibility index (Phi) is 3.22. The van der Waals surface area contributed by atoms with E-state index in [1.54, 1.807) is 0 Å². The summed E-state index contributed by atoms with van der Waals surface area (Å²) in [7, 11) is 0. The lowest BCUT2D eigenvalue weighted by Gasteiger charge is -2.17. The van der Waals surface area contributed by atoms with Crippen LogP contribution in [0.2, 0.25) is 0 Å². The fourth-order valence-corrected chi connectivity index (χ4v) is 2.31. The van der Waals surface area contributed by atoms with E-state index in [-0.39, 0.29) is 17.3 Å². The number of nitrogens with zero attached hydrogens (tertiary/aromatic N) is 2. The van der Waals surface area contributed by atoms with E-state index in [4.69, 9.17) is 10.5 Å². The maximum Gasteiger partial charge on any atom is 0.225 e. The molecule has 0 radical (unpaired) electrons. The smallest absolute Gasteiger partial charge is 0.225 e. The van der Waals surface area contributed by atoms with E-state index in [2.05, 4.69) is 9.97 Å². The summed E-state index contributed by atoms with van der Waals surface area (Å²) in [6.45, 7) is 0. The first-order chi connectivity index (χ1) is 9.65. The fourth-order valence-electron chi connectivity index (χ4n) is 2.31. The van der Waals surface area contributed by atoms with Crippen LogP contribution in [0.25, 0.3) is 0 Å². The molecule has 0 amide bonds. The zero-order valence-electron chi connectivity index (χ0n) is 10.7. The van der Waals surface area contributed by atoms with Gasteiger partial charge in [0.2, 0.25) is 5.88 Å². The van der Waals surface area contributed by atoms with Crippen LogP contribution in [-0.4, -0.2) is 9.97 Å². The quantitative estimate of drug-likeness (QED) is 0.857. The minimum atomic E-state index is -0.718. The molecule has 104 valence electrons. The Hall–Kier alpha value is -2.24. The zero-order chi connectivity index (χ0) is 14.1. The number of aryl methyl sites for hydroxylation is 1. The topological polar surface area (TPSA) is 61.0 Å². The Balaban J connectivity index is 1.98. The van der Waals surface area contributed by atoms with Gasteiger partial charge in [0.15, 0.2) is 11.6 Å². The molecule has 1 aromatic carbocycles. The van der Waals surface area contributed by atoms with Gasteiger partial charge < -0.3 is 10.5 Å². The Bertz CT molecular complexity index is 661. The third-order valence-corrected chi connectivity index (χ3v) is 3.34. The summed E-state index contributed by atoms with van der Waals surface area (Å²) in [5, 5.41) is 0. The molecule has 2 aromatic rings. The van der Waals surface area contributed by atoms with Gasteiger partial charge in [0.05, 0.1) is 11.4 Å². The van der Waals surface area contributed by atoms with Gasteiger partial charge in [0.1, 0.15) is 12.1 Å². The number of ether oxygens (including phenoxy) is 1. The molecule has 3 rings (SSSR count). The van der Waals surface area contributed by atoms with Crippen molar-refractivity contribution in [2.45, 2.75) is 25.7 Å². The summed E-state index contributed by atoms with van der Waals surface area (Å²) < 4.78 is 32.6. The molecule has 0 saturated carbocycles. The molecule has 0 atom stereocenters. The number of hydrogen-bond acceptors (Lipinski definition) is 4. The maximum absolute atomic E-state index is 13.7. The van der Waals surface area contributed by atoms with Crippen molar-refractivity contribution in [1.82, 2.24) is 9.97 Å². The van der Waals surface area contributed by atoms with Gasteiger partial charge in [-0.1, -0.05) is 0 Å². The van der Waals surface area contributed by atoms with Gasteiger partial charge >= 0.3 is 0 Å². The molecule has 0 saturated heterocycles. The highest BCUT2D eigenvalue weighted by Crippen LogP contribution is 2.32. The van der Waals surface area contributed by atoms with Gasteiger partial charge in [-0.3, -0.25) is 0 Å². The maximum atomic E-state index is 13.7. The van der Waals surface area contributed by atoms with E-state index in [0.717, 1.165) is 49.1 Å². The average molecular weight is 277 g/mol. The Morgan fingerprint density at radius 1 is 1.05 bits per heavy atom. The van der Waals surface area contributed by atoms with Crippen LogP contribution in [0.4, 0.5) is 14.5 Å². The minimum Gasteiger partial charge on any atom is -0.435 e. The molecule has 20 heavy (non-hydrogen) atoms. The molecule has 2 N–H and O–H groups in total. The predicted molar refractivity (Wildman–Crippen MR) is 69.5 cm³/mol. The summed E-state index contributed by atoms with van der Waals surface area (Å²) >= 11 is 0. The van der Waals surface area contributed by atoms with Gasteiger partial charge in [0, 0.05) is 17.7 Å². The molecule has 0 spiro atoms. The van der Waals surface area contributed by atoms with Crippen molar-refractivity contribution in [3.63, 3.8) is 0 Å². The second-order valence-electron chi connectivity index (χ2n) is 4.72. The normalized spacial score (nSPS) is 13.9. The predicted octanol–water partition coefficient (Wildman–Crippen LogP) is 3.01. The molecule has 0 fully saturated rings. The van der Waals surface area contributed by atoms with Crippen molar-refractivity contribution >= 4 is 5.69 Å². The summed E-state index contributed by atoms with van der Waals surface area (Å²) in [5.41, 5.74) is 6.83. The van der Waals surface area contributed by atoms with Gasteiger partial charge in [-0.2, -0.15) is 0 Å². The Morgan fingerprint density at radius 2 is 1.85 bits per heavy atom. The van der Waals surface area contributed by atoms with Crippen molar-refractivity contribution in [2.75, 3.05) is 5.73 Å². The van der Waals surface area contributed by atoms with E-state index >= 15 is 0 Å². The molecule has 6 heteroatoms. The number of benzene rings is 1. The third kappa shape index (κ3) is 2.29. The highest BCUT2D eigenvalue weighted by atomic mass is 19.1. The van der Waals surface area contributed by atoms with Gasteiger partial charge in [-0.05, 0) is 25.7 Å². The van der Waals surface area contributed by atoms with E-state index in [1.807, 2.05) is 0 Å². The Labute approximate surface area is 114 Å². The number of anilines is 1. The average Bonchev–Trinajstić information content (AvgIpc) is 2.45. The molecule has 0 bridgehead atoms. The van der Waals surface area contributed by atoms with Crippen LogP contribution in [-0.2, 0) is 12.8 Å². The lowest BCUT2D eigenvalue weighted by Crippen LogP contribution is -2.08. The van der Waals surface area contributed by atoms with Gasteiger partial charge in [-0.25, -0.2) is 18.7 Å². The lowest BCUT2D eigenvalue weighted by atomic mass is 9.97. The second-order valence-corrected chi connectivity index (χ2v) is 4.72. The number of fused-ring (bicyclic) bond motifs is 1. The molecular formula is C14H13F2N3O. The van der Waals surface area contributed by atoms with Crippen molar-refractivity contribution in [3.05, 3.63) is 41.4 Å². The van der Waals surface area contributed by atoms with Crippen LogP contribution in [0.1, 0.15) is 24.1 Å². The van der Waals surface area contributed by atoms with Crippen molar-refractivity contribution in [1.29, 1.82) is 0 Å². The SMILES string of the molecule is Nc1cc(F)c(Oc2ncnc3c2CCCC3)cc1F. The Morgan fingerprint density at radius 3 is 2.70 bits per heavy atom.